The van der Waals surface area contributed by atoms with Crippen LogP contribution in [0.3, 0.4) is 0 Å². The van der Waals surface area contributed by atoms with Crippen LogP contribution >= 0.6 is 0 Å². The van der Waals surface area contributed by atoms with E-state index in [4.69, 9.17) is 0 Å². The van der Waals surface area contributed by atoms with Crippen molar-refractivity contribution < 1.29 is 101 Å². The van der Waals surface area contributed by atoms with E-state index in [9.17, 15) is 101 Å². The molecule has 0 aliphatic heterocycles. The maximum atomic E-state index is 13.3. The first kappa shape index (κ1) is 33.4. The van der Waals surface area contributed by atoms with Gasteiger partial charge in [-0.15, -0.1) is 0 Å². The number of nitrogens with two attached hydrogens (primary N) is 1. The monoisotopic (exact) mass is 585 g/mol. The number of rotatable bonds is 9. The van der Waals surface area contributed by atoms with Crippen LogP contribution < -0.4 is 5.73 Å². The highest BCUT2D eigenvalue weighted by Gasteiger charge is 2.98. The summed E-state index contributed by atoms with van der Waals surface area (Å²) in [6, 6.07) is -7.11. The van der Waals surface area contributed by atoms with Crippen LogP contribution in [0, 0.1) is 0 Å². The quantitative estimate of drug-likeness (QED) is 0.234. The molecule has 0 saturated heterocycles. The van der Waals surface area contributed by atoms with Crippen molar-refractivity contribution in [2.24, 2.45) is 5.73 Å². The highest BCUT2D eigenvalue weighted by molar-refractivity contribution is 5.18. The molecule has 0 saturated carbocycles. The maximum Gasteiger partial charge on any atom is 0.460 e. The summed E-state index contributed by atoms with van der Waals surface area (Å²) < 4.78 is 295. The van der Waals surface area contributed by atoms with Gasteiger partial charge in [0.25, 0.3) is 0 Å². The van der Waals surface area contributed by atoms with Crippen LogP contribution in [-0.4, -0.2) is 65.5 Å². The Morgan fingerprint density at radius 3 is 0.514 bits per heavy atom. The minimum atomic E-state index is -9.39. The summed E-state index contributed by atoms with van der Waals surface area (Å²) in [7, 11) is 0. The molecule has 0 aromatic heterocycles. The Morgan fingerprint density at radius 2 is 0.371 bits per heavy atom. The predicted molar refractivity (Wildman–Crippen MR) is 59.7 cm³/mol. The maximum absolute atomic E-state index is 13.3. The van der Waals surface area contributed by atoms with Crippen LogP contribution in [0.25, 0.3) is 0 Å². The average molecular weight is 585 g/mol. The van der Waals surface area contributed by atoms with Gasteiger partial charge in [-0.2, -0.15) is 101 Å². The van der Waals surface area contributed by atoms with Gasteiger partial charge in [-0.25, -0.2) is 0 Å². The third-order valence-electron chi connectivity index (χ3n) is 3.93. The van der Waals surface area contributed by atoms with E-state index in [1.165, 1.54) is 0 Å². The molecule has 0 bridgehead atoms. The number of hydrogen-bond acceptors (Lipinski definition) is 1. The topological polar surface area (TPSA) is 26.0 Å². The first-order valence-electron chi connectivity index (χ1n) is 7.14. The molecule has 0 amide bonds. The van der Waals surface area contributed by atoms with E-state index >= 15 is 0 Å². The molecule has 0 rings (SSSR count). The van der Waals surface area contributed by atoms with Crippen molar-refractivity contribution >= 4 is 0 Å². The first-order valence-corrected chi connectivity index (χ1v) is 7.14. The Bertz CT molecular complexity index is 716. The zero-order chi connectivity index (χ0) is 29.5. The van der Waals surface area contributed by atoms with Gasteiger partial charge in [0.05, 0.1) is 0 Å². The van der Waals surface area contributed by atoms with E-state index < -0.39 is 65.5 Å². The summed E-state index contributed by atoms with van der Waals surface area (Å²) in [5.74, 6) is -80.8. The van der Waals surface area contributed by atoms with Crippen LogP contribution in [0.15, 0.2) is 0 Å². The zero-order valence-electron chi connectivity index (χ0n) is 14.8. The molecule has 0 aromatic rings. The summed E-state index contributed by atoms with van der Waals surface area (Å²) in [5, 5.41) is 0. The van der Waals surface area contributed by atoms with E-state index in [0.717, 1.165) is 0 Å². The Kier molecular flexibility index (Phi) is 7.32. The molecule has 212 valence electrons. The van der Waals surface area contributed by atoms with Crippen LogP contribution in [0.5, 0.6) is 0 Å². The van der Waals surface area contributed by atoms with Crippen molar-refractivity contribution in [3.05, 3.63) is 0 Å². The smallest absolute Gasteiger partial charge is 0.267 e. The van der Waals surface area contributed by atoms with Gasteiger partial charge in [0, 0.05) is 0 Å². The summed E-state index contributed by atoms with van der Waals surface area (Å²) in [6.45, 7) is 0. The molecule has 0 aliphatic rings. The molecule has 24 heteroatoms. The molecular weight excluding hydrogens is 583 g/mol. The molecule has 0 unspecified atom stereocenters. The minimum absolute atomic E-state index is 2.96. The lowest BCUT2D eigenvalue weighted by atomic mass is 9.86. The van der Waals surface area contributed by atoms with E-state index in [-0.39, 0.29) is 0 Å². The summed E-state index contributed by atoms with van der Waals surface area (Å²) >= 11 is 0. The van der Waals surface area contributed by atoms with Gasteiger partial charge in [-0.3, -0.25) is 5.73 Å². The highest BCUT2D eigenvalue weighted by Crippen LogP contribution is 2.66. The lowest BCUT2D eigenvalue weighted by Gasteiger charge is -2.44. The van der Waals surface area contributed by atoms with Crippen molar-refractivity contribution in [2.45, 2.75) is 65.5 Å². The van der Waals surface area contributed by atoms with Gasteiger partial charge in [-0.05, 0) is 0 Å². The van der Waals surface area contributed by atoms with Crippen LogP contribution in [-0.2, 0) is 0 Å². The third-order valence-corrected chi connectivity index (χ3v) is 3.93. The standard InChI is InChI=1S/C11H2F23N/c12-1(13,2(14,15)4(18,19)6(22,23)8(26,27)10(30,31)32)3(16,17)5(20,21)7(24,25)9(28,29)11(33,34)35/h35H2. The van der Waals surface area contributed by atoms with Crippen LogP contribution in [0.1, 0.15) is 0 Å². The molecule has 35 heavy (non-hydrogen) atoms. The van der Waals surface area contributed by atoms with Crippen molar-refractivity contribution in [1.29, 1.82) is 0 Å². The van der Waals surface area contributed by atoms with Gasteiger partial charge in [-0.1, -0.05) is 0 Å². The van der Waals surface area contributed by atoms with Crippen LogP contribution in [0.2, 0.25) is 0 Å². The fraction of sp³-hybridized carbons (Fsp3) is 1.00. The Balaban J connectivity index is 7.15. The molecule has 2 N–H and O–H groups in total. The second-order valence-corrected chi connectivity index (χ2v) is 6.29. The summed E-state index contributed by atoms with van der Waals surface area (Å²) in [4.78, 5) is 0. The summed E-state index contributed by atoms with van der Waals surface area (Å²) in [5.41, 5.74) is 2.96. The minimum Gasteiger partial charge on any atom is -0.267 e. The van der Waals surface area contributed by atoms with Gasteiger partial charge >= 0.3 is 65.5 Å². The third kappa shape index (κ3) is 3.82. The van der Waals surface area contributed by atoms with E-state index in [1.54, 1.807) is 0 Å². The zero-order valence-corrected chi connectivity index (χ0v) is 14.8. The average Bonchev–Trinajstić information content (AvgIpc) is 2.58. The lowest BCUT2D eigenvalue weighted by molar-refractivity contribution is -0.478. The van der Waals surface area contributed by atoms with E-state index in [2.05, 4.69) is 5.73 Å². The van der Waals surface area contributed by atoms with Crippen molar-refractivity contribution in [1.82, 2.24) is 0 Å². The van der Waals surface area contributed by atoms with Gasteiger partial charge < -0.3 is 0 Å². The number of alkyl halides is 23. The molecule has 0 aliphatic carbocycles. The van der Waals surface area contributed by atoms with Crippen molar-refractivity contribution in [3.63, 3.8) is 0 Å². The van der Waals surface area contributed by atoms with Crippen molar-refractivity contribution in [2.75, 3.05) is 0 Å². The fourth-order valence-corrected chi connectivity index (χ4v) is 1.77. The second kappa shape index (κ2) is 7.68. The molecule has 0 aromatic carbocycles. The largest absolute Gasteiger partial charge is 0.460 e. The second-order valence-electron chi connectivity index (χ2n) is 6.29. The Morgan fingerprint density at radius 1 is 0.229 bits per heavy atom. The normalized spacial score (nSPS) is 17.1. The predicted octanol–water partition coefficient (Wildman–Crippen LogP) is 6.82. The molecule has 1 nitrogen and oxygen atoms in total. The van der Waals surface area contributed by atoms with E-state index in [1.807, 2.05) is 0 Å². The highest BCUT2D eigenvalue weighted by atomic mass is 19.4. The molecule has 0 heterocycles. The Hall–Kier alpha value is -1.65. The van der Waals surface area contributed by atoms with Crippen LogP contribution in [0.4, 0.5) is 101 Å². The molecule has 0 spiro atoms. The molecular formula is C11H2F23N. The van der Waals surface area contributed by atoms with E-state index in [0.29, 0.717) is 0 Å². The number of hydrogen-bond donors (Lipinski definition) is 1. The first-order chi connectivity index (χ1) is 14.5. The summed E-state index contributed by atoms with van der Waals surface area (Å²) in [6.07, 6.45) is -8.08. The SMILES string of the molecule is NC(F)(F)C(F)(F)C(F)(F)C(F)(F)C(F)(F)C(F)(F)C(F)(F)C(F)(F)C(F)(F)C(F)(F)C(F)(F)F. The fourth-order valence-electron chi connectivity index (χ4n) is 1.77. The number of halogens is 23. The lowest BCUT2D eigenvalue weighted by Crippen LogP contribution is -2.78. The van der Waals surface area contributed by atoms with Crippen molar-refractivity contribution in [3.8, 4) is 0 Å². The Labute approximate surface area is 174 Å². The van der Waals surface area contributed by atoms with Gasteiger partial charge in [0.2, 0.25) is 0 Å². The molecule has 0 fully saturated rings. The van der Waals surface area contributed by atoms with Gasteiger partial charge in [0.1, 0.15) is 0 Å². The molecule has 0 atom stereocenters. The molecule has 0 radical (unpaired) electrons. The van der Waals surface area contributed by atoms with Gasteiger partial charge in [0.15, 0.2) is 0 Å².